The molecule has 9 heteroatoms. The number of nitrogens with two attached hydrogens (primary N) is 1. The molecular formula is C17H25ClN4O3S. The van der Waals surface area contributed by atoms with Crippen LogP contribution in [0, 0.1) is 5.41 Å². The van der Waals surface area contributed by atoms with Crippen LogP contribution in [0.2, 0.25) is 0 Å². The average Bonchev–Trinajstić information content (AvgIpc) is 3.07. The molecule has 3 rings (SSSR count). The molecule has 0 aliphatic carbocycles. The van der Waals surface area contributed by atoms with Gasteiger partial charge in [-0.15, -0.1) is 12.4 Å². The summed E-state index contributed by atoms with van der Waals surface area (Å²) in [7, 11) is -3.55. The van der Waals surface area contributed by atoms with Crippen molar-refractivity contribution >= 4 is 34.2 Å². The number of amides is 1. The Labute approximate surface area is 160 Å². The quantitative estimate of drug-likeness (QED) is 0.790. The minimum absolute atomic E-state index is 0. The first-order valence-electron chi connectivity index (χ1n) is 8.42. The number of amidine groups is 1. The molecule has 0 radical (unpaired) electrons. The van der Waals surface area contributed by atoms with Crippen molar-refractivity contribution in [3.8, 4) is 0 Å². The third-order valence-electron chi connectivity index (χ3n) is 4.89. The molecule has 3 N–H and O–H groups in total. The van der Waals surface area contributed by atoms with Crippen LogP contribution in [-0.4, -0.2) is 50.7 Å². The summed E-state index contributed by atoms with van der Waals surface area (Å²) in [5, 5.41) is 0. The van der Waals surface area contributed by atoms with Crippen LogP contribution in [0.3, 0.4) is 0 Å². The van der Waals surface area contributed by atoms with E-state index in [0.29, 0.717) is 31.0 Å². The van der Waals surface area contributed by atoms with Gasteiger partial charge in [0.25, 0.3) is 10.0 Å². The number of nitrogens with one attached hydrogen (secondary N) is 1. The van der Waals surface area contributed by atoms with E-state index in [0.717, 1.165) is 6.42 Å². The van der Waals surface area contributed by atoms with Crippen LogP contribution in [0.4, 0.5) is 0 Å². The van der Waals surface area contributed by atoms with E-state index in [-0.39, 0.29) is 41.1 Å². The van der Waals surface area contributed by atoms with E-state index in [1.165, 1.54) is 0 Å². The van der Waals surface area contributed by atoms with Gasteiger partial charge in [0, 0.05) is 25.1 Å². The molecule has 1 fully saturated rings. The zero-order valence-corrected chi connectivity index (χ0v) is 16.6. The summed E-state index contributed by atoms with van der Waals surface area (Å²) < 4.78 is 26.7. The minimum atomic E-state index is -3.55. The molecule has 2 atom stereocenters. The number of benzene rings is 1. The summed E-state index contributed by atoms with van der Waals surface area (Å²) in [6.07, 6.45) is 1.15. The molecule has 2 unspecified atom stereocenters. The number of nitrogens with zero attached hydrogens (tertiary/aromatic N) is 2. The molecule has 1 aromatic rings. The summed E-state index contributed by atoms with van der Waals surface area (Å²) in [4.78, 5) is 19.0. The van der Waals surface area contributed by atoms with Crippen LogP contribution in [0.1, 0.15) is 32.3 Å². The van der Waals surface area contributed by atoms with Crippen LogP contribution in [0.5, 0.6) is 0 Å². The highest BCUT2D eigenvalue weighted by atomic mass is 35.5. The van der Waals surface area contributed by atoms with E-state index in [1.54, 1.807) is 24.3 Å². The van der Waals surface area contributed by atoms with E-state index in [9.17, 15) is 13.2 Å². The lowest BCUT2D eigenvalue weighted by Gasteiger charge is -2.23. The zero-order valence-electron chi connectivity index (χ0n) is 14.9. The summed E-state index contributed by atoms with van der Waals surface area (Å²) in [5.41, 5.74) is 6.33. The van der Waals surface area contributed by atoms with E-state index >= 15 is 0 Å². The number of halogens is 1. The number of rotatable bonds is 4. The van der Waals surface area contributed by atoms with Crippen molar-refractivity contribution in [2.45, 2.75) is 37.6 Å². The number of aliphatic imine (C=N–C) groups is 1. The van der Waals surface area contributed by atoms with Crippen molar-refractivity contribution in [1.29, 1.82) is 0 Å². The van der Waals surface area contributed by atoms with Crippen LogP contribution in [-0.2, 0) is 14.8 Å². The van der Waals surface area contributed by atoms with Crippen LogP contribution < -0.4 is 10.5 Å². The smallest absolute Gasteiger partial charge is 0.263 e. The summed E-state index contributed by atoms with van der Waals surface area (Å²) in [5.74, 6) is 0.340. The van der Waals surface area contributed by atoms with Gasteiger partial charge >= 0.3 is 0 Å². The van der Waals surface area contributed by atoms with E-state index in [2.05, 4.69) is 16.6 Å². The minimum Gasteiger partial charge on any atom is -0.342 e. The molecule has 144 valence electrons. The molecule has 26 heavy (non-hydrogen) atoms. The van der Waals surface area contributed by atoms with Crippen molar-refractivity contribution in [3.63, 3.8) is 0 Å². The highest BCUT2D eigenvalue weighted by Crippen LogP contribution is 2.29. The van der Waals surface area contributed by atoms with Gasteiger partial charge in [0.15, 0.2) is 0 Å². The van der Waals surface area contributed by atoms with Gasteiger partial charge in [0.05, 0.1) is 10.9 Å². The summed E-state index contributed by atoms with van der Waals surface area (Å²) >= 11 is 0. The zero-order chi connectivity index (χ0) is 18.2. The van der Waals surface area contributed by atoms with Gasteiger partial charge in [-0.2, -0.15) is 0 Å². The second kappa shape index (κ2) is 7.54. The maximum atomic E-state index is 12.5. The fraction of sp³-hybridized carbons (Fsp3) is 0.529. The first-order chi connectivity index (χ1) is 11.7. The lowest BCUT2D eigenvalue weighted by molar-refractivity contribution is -0.130. The Morgan fingerprint density at radius 2 is 2.12 bits per heavy atom. The summed E-state index contributed by atoms with van der Waals surface area (Å²) in [6, 6.07) is 6.39. The molecule has 2 aliphatic rings. The van der Waals surface area contributed by atoms with E-state index < -0.39 is 10.0 Å². The van der Waals surface area contributed by atoms with Crippen LogP contribution in [0.25, 0.3) is 0 Å². The molecule has 0 aromatic heterocycles. The Balaban J connectivity index is 0.00000243. The van der Waals surface area contributed by atoms with Crippen molar-refractivity contribution in [2.24, 2.45) is 16.1 Å². The number of hydrogen-bond donors (Lipinski definition) is 2. The Morgan fingerprint density at radius 3 is 2.77 bits per heavy atom. The second-order valence-corrected chi connectivity index (χ2v) is 8.86. The fourth-order valence-electron chi connectivity index (χ4n) is 3.28. The van der Waals surface area contributed by atoms with Crippen molar-refractivity contribution in [2.75, 3.05) is 19.6 Å². The van der Waals surface area contributed by atoms with Crippen molar-refractivity contribution in [3.05, 3.63) is 29.8 Å². The second-order valence-electron chi connectivity index (χ2n) is 7.21. The SMILES string of the molecule is CC(CC(=O)N1CCC(C)(CN)C1)N=C1NS(=O)(=O)c2ccccc21.Cl. The molecule has 1 saturated heterocycles. The molecular weight excluding hydrogens is 376 g/mol. The van der Waals surface area contributed by atoms with Crippen molar-refractivity contribution in [1.82, 2.24) is 9.62 Å². The number of carbonyl (C=O) groups excluding carboxylic acids is 1. The average molecular weight is 401 g/mol. The lowest BCUT2D eigenvalue weighted by atomic mass is 9.90. The van der Waals surface area contributed by atoms with Gasteiger partial charge in [-0.1, -0.05) is 19.1 Å². The first-order valence-corrected chi connectivity index (χ1v) is 9.90. The highest BCUT2D eigenvalue weighted by molar-refractivity contribution is 7.90. The van der Waals surface area contributed by atoms with Gasteiger partial charge in [-0.05, 0) is 37.4 Å². The Morgan fingerprint density at radius 1 is 1.42 bits per heavy atom. The first kappa shape index (κ1) is 20.7. The number of hydrogen-bond acceptors (Lipinski definition) is 5. The Kier molecular flexibility index (Phi) is 5.99. The molecule has 2 heterocycles. The number of carbonyl (C=O) groups is 1. The standard InChI is InChI=1S/C17H24N4O3S.ClH/c1-12(9-15(22)21-8-7-17(2,10-18)11-21)19-16-13-5-3-4-6-14(13)25(23,24)20-16;/h3-6,12H,7-11,18H2,1-2H3,(H,19,20);1H. The highest BCUT2D eigenvalue weighted by Gasteiger charge is 2.35. The molecule has 0 spiro atoms. The van der Waals surface area contributed by atoms with Gasteiger partial charge in [-0.25, -0.2) is 8.42 Å². The van der Waals surface area contributed by atoms with Gasteiger partial charge < -0.3 is 10.6 Å². The maximum absolute atomic E-state index is 12.5. The molecule has 1 amide bonds. The van der Waals surface area contributed by atoms with Crippen molar-refractivity contribution < 1.29 is 13.2 Å². The number of sulfonamides is 1. The predicted molar refractivity (Wildman–Crippen MR) is 103 cm³/mol. The molecule has 1 aromatic carbocycles. The van der Waals surface area contributed by atoms with Crippen LogP contribution in [0.15, 0.2) is 34.2 Å². The number of likely N-dealkylation sites (tertiary alicyclic amines) is 1. The van der Waals surface area contributed by atoms with Gasteiger partial charge in [0.1, 0.15) is 5.84 Å². The predicted octanol–water partition coefficient (Wildman–Crippen LogP) is 1.12. The monoisotopic (exact) mass is 400 g/mol. The molecule has 0 bridgehead atoms. The Bertz CT molecular complexity index is 827. The normalized spacial score (nSPS) is 26.1. The van der Waals surface area contributed by atoms with Crippen LogP contribution >= 0.6 is 12.4 Å². The lowest BCUT2D eigenvalue weighted by Crippen LogP contribution is -2.35. The molecule has 2 aliphatic heterocycles. The van der Waals surface area contributed by atoms with E-state index in [1.807, 2.05) is 11.8 Å². The third-order valence-corrected chi connectivity index (χ3v) is 6.28. The summed E-state index contributed by atoms with van der Waals surface area (Å²) in [6.45, 7) is 5.85. The van der Waals surface area contributed by atoms with Gasteiger partial charge in [0.2, 0.25) is 5.91 Å². The number of fused-ring (bicyclic) bond motifs is 1. The Hall–Kier alpha value is -1.64. The largest absolute Gasteiger partial charge is 0.342 e. The fourth-order valence-corrected chi connectivity index (χ4v) is 4.52. The topological polar surface area (TPSA) is 105 Å². The van der Waals surface area contributed by atoms with Gasteiger partial charge in [-0.3, -0.25) is 14.5 Å². The maximum Gasteiger partial charge on any atom is 0.263 e. The molecule has 0 saturated carbocycles. The molecule has 7 nitrogen and oxygen atoms in total. The third kappa shape index (κ3) is 4.02. The van der Waals surface area contributed by atoms with E-state index in [4.69, 9.17) is 5.73 Å².